The highest BCUT2D eigenvalue weighted by Crippen LogP contribution is 2.02. The number of hydrogen-bond acceptors (Lipinski definition) is 2. The molecule has 0 atom stereocenters. The van der Waals surface area contributed by atoms with E-state index in [1.165, 1.54) is 45.2 Å². The highest BCUT2D eigenvalue weighted by atomic mass is 15.0. The predicted molar refractivity (Wildman–Crippen MR) is 76.1 cm³/mol. The summed E-state index contributed by atoms with van der Waals surface area (Å²) in [5.74, 6) is 0. The van der Waals surface area contributed by atoms with Crippen LogP contribution in [0.5, 0.6) is 0 Å². The molecule has 2 nitrogen and oxygen atoms in total. The molecule has 100 valence electrons. The Hall–Kier alpha value is -0.0800. The van der Waals surface area contributed by atoms with Gasteiger partial charge in [0.05, 0.1) is 0 Å². The van der Waals surface area contributed by atoms with Crippen molar-refractivity contribution in [2.45, 2.75) is 65.8 Å². The van der Waals surface area contributed by atoms with Crippen LogP contribution in [-0.2, 0) is 0 Å². The van der Waals surface area contributed by atoms with Crippen molar-refractivity contribution in [3.8, 4) is 0 Å². The Labute approximate surface area is 104 Å². The van der Waals surface area contributed by atoms with Crippen LogP contribution in [0.3, 0.4) is 0 Å². The third-order valence-corrected chi connectivity index (χ3v) is 2.33. The second kappa shape index (κ2) is 14.9. The van der Waals surface area contributed by atoms with Crippen LogP contribution >= 0.6 is 0 Å². The molecule has 0 saturated carbocycles. The van der Waals surface area contributed by atoms with E-state index in [4.69, 9.17) is 0 Å². The summed E-state index contributed by atoms with van der Waals surface area (Å²) in [6, 6.07) is 0.642. The van der Waals surface area contributed by atoms with Crippen LogP contribution < -0.4 is 5.32 Å². The number of hydrogen-bond donors (Lipinski definition) is 1. The first-order valence-corrected chi connectivity index (χ1v) is 7.01. The zero-order chi connectivity index (χ0) is 12.8. The summed E-state index contributed by atoms with van der Waals surface area (Å²) in [5, 5.41) is 3.45. The molecule has 0 aromatic carbocycles. The molecule has 1 N–H and O–H groups in total. The lowest BCUT2D eigenvalue weighted by atomic mass is 10.1. The molecule has 16 heavy (non-hydrogen) atoms. The van der Waals surface area contributed by atoms with E-state index >= 15 is 0 Å². The summed E-state index contributed by atoms with van der Waals surface area (Å²) in [6.45, 7) is 10.8. The largest absolute Gasteiger partial charge is 0.315 e. The molecule has 0 amide bonds. The predicted octanol–water partition coefficient (Wildman–Crippen LogP) is 3.52. The normalized spacial score (nSPS) is 10.5. The van der Waals surface area contributed by atoms with Gasteiger partial charge >= 0.3 is 0 Å². The van der Waals surface area contributed by atoms with E-state index in [1.54, 1.807) is 0 Å². The number of unbranched alkanes of at least 4 members (excludes halogenated alkanes) is 4. The summed E-state index contributed by atoms with van der Waals surface area (Å²) in [7, 11) is 4.29. The van der Waals surface area contributed by atoms with Crippen molar-refractivity contribution in [2.24, 2.45) is 0 Å². The zero-order valence-electron chi connectivity index (χ0n) is 12.5. The highest BCUT2D eigenvalue weighted by molar-refractivity contribution is 4.53. The first-order chi connectivity index (χ1) is 7.63. The minimum absolute atomic E-state index is 0.642. The number of nitrogens with one attached hydrogen (secondary N) is 1. The van der Waals surface area contributed by atoms with Crippen molar-refractivity contribution in [1.82, 2.24) is 10.2 Å². The van der Waals surface area contributed by atoms with Crippen LogP contribution in [-0.4, -0.2) is 38.1 Å². The summed E-state index contributed by atoms with van der Waals surface area (Å²) in [5.41, 5.74) is 0. The van der Waals surface area contributed by atoms with Crippen molar-refractivity contribution in [2.75, 3.05) is 27.2 Å². The van der Waals surface area contributed by atoms with Crippen LogP contribution in [0.25, 0.3) is 0 Å². The Morgan fingerprint density at radius 3 is 1.88 bits per heavy atom. The molecule has 0 radical (unpaired) electrons. The van der Waals surface area contributed by atoms with Gasteiger partial charge in [-0.1, -0.05) is 47.0 Å². The van der Waals surface area contributed by atoms with Gasteiger partial charge in [0.2, 0.25) is 0 Å². The van der Waals surface area contributed by atoms with Gasteiger partial charge in [0.15, 0.2) is 0 Å². The maximum Gasteiger partial charge on any atom is 0.00103 e. The molecular formula is C14H34N2. The molecular weight excluding hydrogens is 196 g/mol. The SMILES string of the molecule is CC.CC(C)NCCCCCCCN(C)C. The lowest BCUT2D eigenvalue weighted by Crippen LogP contribution is -2.23. The van der Waals surface area contributed by atoms with Crippen molar-refractivity contribution in [3.05, 3.63) is 0 Å². The summed E-state index contributed by atoms with van der Waals surface area (Å²) in [6.07, 6.45) is 6.85. The van der Waals surface area contributed by atoms with Crippen molar-refractivity contribution < 1.29 is 0 Å². The van der Waals surface area contributed by atoms with E-state index < -0.39 is 0 Å². The minimum Gasteiger partial charge on any atom is -0.315 e. The first-order valence-electron chi connectivity index (χ1n) is 7.01. The molecule has 0 saturated heterocycles. The third-order valence-electron chi connectivity index (χ3n) is 2.33. The maximum atomic E-state index is 3.45. The Morgan fingerprint density at radius 1 is 0.875 bits per heavy atom. The molecule has 0 aliphatic heterocycles. The van der Waals surface area contributed by atoms with Crippen LogP contribution in [0.2, 0.25) is 0 Å². The van der Waals surface area contributed by atoms with Crippen LogP contribution in [0.1, 0.15) is 59.8 Å². The standard InChI is InChI=1S/C12H28N2.C2H6/c1-12(2)13-10-8-6-5-7-9-11-14(3)4;1-2/h12-13H,5-11H2,1-4H3;1-2H3. The molecule has 0 rings (SSSR count). The van der Waals surface area contributed by atoms with Gasteiger partial charge < -0.3 is 10.2 Å². The van der Waals surface area contributed by atoms with Gasteiger partial charge in [0.1, 0.15) is 0 Å². The van der Waals surface area contributed by atoms with E-state index in [0.29, 0.717) is 6.04 Å². The van der Waals surface area contributed by atoms with E-state index in [2.05, 4.69) is 38.2 Å². The Morgan fingerprint density at radius 2 is 1.38 bits per heavy atom. The third kappa shape index (κ3) is 19.5. The second-order valence-electron chi connectivity index (χ2n) is 4.68. The van der Waals surface area contributed by atoms with Crippen LogP contribution in [0, 0.1) is 0 Å². The van der Waals surface area contributed by atoms with E-state index in [0.717, 1.165) is 0 Å². The van der Waals surface area contributed by atoms with Crippen molar-refractivity contribution in [3.63, 3.8) is 0 Å². The number of rotatable bonds is 9. The second-order valence-corrected chi connectivity index (χ2v) is 4.68. The molecule has 0 fully saturated rings. The molecule has 0 bridgehead atoms. The lowest BCUT2D eigenvalue weighted by Gasteiger charge is -2.09. The average molecular weight is 230 g/mol. The fourth-order valence-corrected chi connectivity index (χ4v) is 1.47. The molecule has 0 aliphatic carbocycles. The molecule has 0 unspecified atom stereocenters. The van der Waals surface area contributed by atoms with Crippen LogP contribution in [0.15, 0.2) is 0 Å². The van der Waals surface area contributed by atoms with E-state index in [-0.39, 0.29) is 0 Å². The van der Waals surface area contributed by atoms with Gasteiger partial charge in [-0.05, 0) is 40.0 Å². The fraction of sp³-hybridized carbons (Fsp3) is 1.00. The first kappa shape index (κ1) is 18.3. The summed E-state index contributed by atoms with van der Waals surface area (Å²) < 4.78 is 0. The van der Waals surface area contributed by atoms with Gasteiger partial charge in [-0.3, -0.25) is 0 Å². The molecule has 0 spiro atoms. The molecule has 0 aromatic heterocycles. The van der Waals surface area contributed by atoms with Crippen molar-refractivity contribution >= 4 is 0 Å². The zero-order valence-corrected chi connectivity index (χ0v) is 12.5. The molecule has 0 heterocycles. The highest BCUT2D eigenvalue weighted by Gasteiger charge is 1.93. The van der Waals surface area contributed by atoms with Crippen molar-refractivity contribution in [1.29, 1.82) is 0 Å². The molecule has 0 aliphatic rings. The summed E-state index contributed by atoms with van der Waals surface area (Å²) in [4.78, 5) is 2.26. The van der Waals surface area contributed by atoms with Gasteiger partial charge in [0.25, 0.3) is 0 Å². The molecule has 2 heteroatoms. The summed E-state index contributed by atoms with van der Waals surface area (Å²) >= 11 is 0. The van der Waals surface area contributed by atoms with E-state index in [1.807, 2.05) is 13.8 Å². The van der Waals surface area contributed by atoms with Gasteiger partial charge in [0, 0.05) is 6.04 Å². The van der Waals surface area contributed by atoms with Crippen LogP contribution in [0.4, 0.5) is 0 Å². The number of nitrogens with zero attached hydrogens (tertiary/aromatic N) is 1. The molecule has 0 aromatic rings. The fourth-order valence-electron chi connectivity index (χ4n) is 1.47. The maximum absolute atomic E-state index is 3.45. The average Bonchev–Trinajstić information content (AvgIpc) is 2.24. The van der Waals surface area contributed by atoms with E-state index in [9.17, 15) is 0 Å². The van der Waals surface area contributed by atoms with Gasteiger partial charge in [-0.25, -0.2) is 0 Å². The Bertz CT molecular complexity index is 97.3. The Kier molecular flexibility index (Phi) is 17.1. The van der Waals surface area contributed by atoms with Gasteiger partial charge in [-0.2, -0.15) is 0 Å². The Balaban J connectivity index is 0. The van der Waals surface area contributed by atoms with Gasteiger partial charge in [-0.15, -0.1) is 0 Å². The smallest absolute Gasteiger partial charge is 0.00103 e. The minimum atomic E-state index is 0.642. The topological polar surface area (TPSA) is 15.3 Å². The monoisotopic (exact) mass is 230 g/mol. The quantitative estimate of drug-likeness (QED) is 0.610. The lowest BCUT2D eigenvalue weighted by molar-refractivity contribution is 0.389.